The van der Waals surface area contributed by atoms with Gasteiger partial charge in [0.05, 0.1) is 11.7 Å². The van der Waals surface area contributed by atoms with Gasteiger partial charge in [-0.05, 0) is 88.7 Å². The van der Waals surface area contributed by atoms with E-state index >= 15 is 0 Å². The Morgan fingerprint density at radius 2 is 1.07 bits per heavy atom. The van der Waals surface area contributed by atoms with E-state index in [9.17, 15) is 0 Å². The Morgan fingerprint density at radius 3 is 1.64 bits per heavy atom. The van der Waals surface area contributed by atoms with E-state index in [1.807, 2.05) is 0 Å². The van der Waals surface area contributed by atoms with E-state index in [1.54, 1.807) is 0 Å². The van der Waals surface area contributed by atoms with Gasteiger partial charge in [0.25, 0.3) is 0 Å². The summed E-state index contributed by atoms with van der Waals surface area (Å²) in [7, 11) is 0. The summed E-state index contributed by atoms with van der Waals surface area (Å²) in [5.74, 6) is 0. The Kier molecular flexibility index (Phi) is 5.97. The summed E-state index contributed by atoms with van der Waals surface area (Å²) < 4.78 is 0. The first-order chi connectivity index (χ1) is 20.9. The third kappa shape index (κ3) is 4.03. The maximum absolute atomic E-state index is 2.47. The zero-order valence-corrected chi connectivity index (χ0v) is 23.3. The molecule has 0 fully saturated rings. The summed E-state index contributed by atoms with van der Waals surface area (Å²) in [4.78, 5) is 4.86. The Balaban J connectivity index is 1.33. The van der Waals surface area contributed by atoms with Gasteiger partial charge in [0.15, 0.2) is 0 Å². The smallest absolute Gasteiger partial charge is 0.0782 e. The quantitative estimate of drug-likeness (QED) is 0.208. The molecular weight excluding hydrogens is 508 g/mol. The van der Waals surface area contributed by atoms with Gasteiger partial charge in [0.2, 0.25) is 0 Å². The fourth-order valence-electron chi connectivity index (χ4n) is 6.68. The highest BCUT2D eigenvalue weighted by molar-refractivity contribution is 6.10. The highest BCUT2D eigenvalue weighted by Crippen LogP contribution is 2.48. The van der Waals surface area contributed by atoms with Crippen LogP contribution in [-0.2, 0) is 6.42 Å². The van der Waals surface area contributed by atoms with Crippen LogP contribution in [0.3, 0.4) is 0 Å². The van der Waals surface area contributed by atoms with E-state index in [0.29, 0.717) is 0 Å². The van der Waals surface area contributed by atoms with Crippen LogP contribution in [0.1, 0.15) is 16.7 Å². The van der Waals surface area contributed by atoms with Crippen molar-refractivity contribution in [1.29, 1.82) is 0 Å². The van der Waals surface area contributed by atoms with Crippen molar-refractivity contribution in [2.75, 3.05) is 9.80 Å². The molecule has 2 heteroatoms. The minimum atomic E-state index is 0.0871. The van der Waals surface area contributed by atoms with Gasteiger partial charge in [-0.2, -0.15) is 0 Å². The van der Waals surface area contributed by atoms with Crippen LogP contribution in [0, 0.1) is 0 Å². The summed E-state index contributed by atoms with van der Waals surface area (Å²) in [6.07, 6.45) is 8.07. The number of anilines is 5. The van der Waals surface area contributed by atoms with Crippen LogP contribution >= 0.6 is 0 Å². The zero-order chi connectivity index (χ0) is 27.9. The van der Waals surface area contributed by atoms with Crippen molar-refractivity contribution < 1.29 is 0 Å². The topological polar surface area (TPSA) is 6.48 Å². The van der Waals surface area contributed by atoms with Gasteiger partial charge < -0.3 is 9.80 Å². The molecule has 6 aromatic rings. The molecule has 8 rings (SSSR count). The Bertz CT molecular complexity index is 1860. The van der Waals surface area contributed by atoms with Crippen LogP contribution in [0.2, 0.25) is 0 Å². The molecule has 6 aromatic carbocycles. The molecule has 1 unspecified atom stereocenters. The number of para-hydroxylation sites is 4. The average molecular weight is 539 g/mol. The largest absolute Gasteiger partial charge is 0.330 e. The zero-order valence-electron chi connectivity index (χ0n) is 23.3. The van der Waals surface area contributed by atoms with Gasteiger partial charge in [-0.1, -0.05) is 109 Å². The van der Waals surface area contributed by atoms with Crippen LogP contribution in [0.15, 0.2) is 158 Å². The molecule has 0 N–H and O–H groups in total. The monoisotopic (exact) mass is 538 g/mol. The maximum atomic E-state index is 2.47. The van der Waals surface area contributed by atoms with E-state index < -0.39 is 0 Å². The summed E-state index contributed by atoms with van der Waals surface area (Å²) in [5.41, 5.74) is 11.3. The van der Waals surface area contributed by atoms with Crippen molar-refractivity contribution in [3.05, 3.63) is 174 Å². The molecule has 0 aromatic heterocycles. The Morgan fingerprint density at radius 1 is 0.524 bits per heavy atom. The second-order valence-corrected chi connectivity index (χ2v) is 10.9. The molecule has 0 heterocycles. The second-order valence-electron chi connectivity index (χ2n) is 10.9. The first-order valence-corrected chi connectivity index (χ1v) is 14.6. The minimum Gasteiger partial charge on any atom is -0.330 e. The molecule has 200 valence electrons. The summed E-state index contributed by atoms with van der Waals surface area (Å²) in [5, 5.41) is 2.65. The first-order valence-electron chi connectivity index (χ1n) is 14.6. The molecule has 2 aliphatic rings. The predicted octanol–water partition coefficient (Wildman–Crippen LogP) is 10.5. The van der Waals surface area contributed by atoms with Crippen molar-refractivity contribution in [2.24, 2.45) is 0 Å². The van der Waals surface area contributed by atoms with Crippen LogP contribution in [0.4, 0.5) is 28.4 Å². The lowest BCUT2D eigenvalue weighted by Gasteiger charge is -2.38. The normalized spacial score (nSPS) is 14.9. The molecule has 0 amide bonds. The van der Waals surface area contributed by atoms with Gasteiger partial charge in [0.1, 0.15) is 0 Å². The van der Waals surface area contributed by atoms with Crippen LogP contribution in [0.25, 0.3) is 22.4 Å². The van der Waals surface area contributed by atoms with Crippen LogP contribution < -0.4 is 9.80 Å². The fourth-order valence-corrected chi connectivity index (χ4v) is 6.68. The highest BCUT2D eigenvalue weighted by atomic mass is 15.2. The van der Waals surface area contributed by atoms with E-state index in [2.05, 4.69) is 174 Å². The molecule has 0 saturated carbocycles. The summed E-state index contributed by atoms with van der Waals surface area (Å²) >= 11 is 0. The van der Waals surface area contributed by atoms with E-state index in [4.69, 9.17) is 0 Å². The Hall–Kier alpha value is -5.34. The third-order valence-electron chi connectivity index (χ3n) is 8.50. The number of rotatable bonds is 6. The minimum absolute atomic E-state index is 0.0871. The average Bonchev–Trinajstić information content (AvgIpc) is 3.07. The maximum Gasteiger partial charge on any atom is 0.0782 e. The van der Waals surface area contributed by atoms with Crippen LogP contribution in [-0.4, -0.2) is 6.04 Å². The number of nitrogens with zero attached hydrogens (tertiary/aromatic N) is 2. The van der Waals surface area contributed by atoms with Crippen molar-refractivity contribution in [3.8, 4) is 0 Å². The van der Waals surface area contributed by atoms with Gasteiger partial charge >= 0.3 is 0 Å². The number of benzene rings is 6. The SMILES string of the molecule is C1=CC(N(c2ccccc2)c2ccccc2)C2=CCc3ccc(N(c4ccccc4)c4ccccc4)c4ccc1c2c34. The van der Waals surface area contributed by atoms with Gasteiger partial charge in [-0.25, -0.2) is 0 Å². The van der Waals surface area contributed by atoms with Gasteiger partial charge in [-0.3, -0.25) is 0 Å². The molecule has 1 atom stereocenters. The molecule has 0 spiro atoms. The van der Waals surface area contributed by atoms with Gasteiger partial charge in [-0.15, -0.1) is 0 Å². The first kappa shape index (κ1) is 24.5. The summed E-state index contributed by atoms with van der Waals surface area (Å²) in [6, 6.07) is 52.3. The van der Waals surface area contributed by atoms with E-state index in [-0.39, 0.29) is 6.04 Å². The van der Waals surface area contributed by atoms with Crippen molar-refractivity contribution in [3.63, 3.8) is 0 Å². The molecule has 0 radical (unpaired) electrons. The number of allylic oxidation sites excluding steroid dienone is 1. The molecule has 0 aliphatic heterocycles. The standard InChI is InChI=1S/C40H30N2/c1-5-13-31(14-6-1)41(32-15-7-2-8-16-32)37-27-23-29-22-26-36-38(28-24-30-21-25-35(37)39(29)40(30)36)42(33-17-9-3-10-18-33)34-19-11-4-12-20-34/h1-21,23-28,38H,22H2. The van der Waals surface area contributed by atoms with E-state index in [0.717, 1.165) is 17.8 Å². The molecule has 0 bridgehead atoms. The lowest BCUT2D eigenvalue weighted by Crippen LogP contribution is -2.33. The lowest BCUT2D eigenvalue weighted by molar-refractivity contribution is 0.950. The Labute approximate surface area is 247 Å². The lowest BCUT2D eigenvalue weighted by atomic mass is 9.78. The van der Waals surface area contributed by atoms with Crippen molar-refractivity contribution in [2.45, 2.75) is 12.5 Å². The van der Waals surface area contributed by atoms with Crippen molar-refractivity contribution in [1.82, 2.24) is 0 Å². The molecule has 2 nitrogen and oxygen atoms in total. The molecule has 42 heavy (non-hydrogen) atoms. The van der Waals surface area contributed by atoms with Crippen LogP contribution in [0.5, 0.6) is 0 Å². The highest BCUT2D eigenvalue weighted by Gasteiger charge is 2.31. The van der Waals surface area contributed by atoms with E-state index in [1.165, 1.54) is 50.1 Å². The predicted molar refractivity (Wildman–Crippen MR) is 178 cm³/mol. The molecule has 2 aliphatic carbocycles. The second kappa shape index (κ2) is 10.2. The number of hydrogen-bond acceptors (Lipinski definition) is 2. The third-order valence-corrected chi connectivity index (χ3v) is 8.50. The van der Waals surface area contributed by atoms with Crippen molar-refractivity contribution >= 4 is 50.9 Å². The molecular formula is C40H30N2. The number of hydrogen-bond donors (Lipinski definition) is 0. The molecule has 0 saturated heterocycles. The summed E-state index contributed by atoms with van der Waals surface area (Å²) in [6.45, 7) is 0. The fraction of sp³-hybridized carbons (Fsp3) is 0.0500. The van der Waals surface area contributed by atoms with Gasteiger partial charge in [0, 0.05) is 28.1 Å².